The summed E-state index contributed by atoms with van der Waals surface area (Å²) in [5.74, 6) is 1.50. The molecule has 0 radical (unpaired) electrons. The van der Waals surface area contributed by atoms with Crippen LogP contribution in [0.4, 0.5) is 4.79 Å². The Kier molecular flexibility index (Phi) is 6.63. The summed E-state index contributed by atoms with van der Waals surface area (Å²) < 4.78 is 5.24. The average molecular weight is 270 g/mol. The monoisotopic (exact) mass is 270 g/mol. The van der Waals surface area contributed by atoms with Gasteiger partial charge in [-0.3, -0.25) is 0 Å². The van der Waals surface area contributed by atoms with E-state index in [0.717, 1.165) is 37.9 Å². The van der Waals surface area contributed by atoms with Gasteiger partial charge in [0.05, 0.1) is 0 Å². The smallest absolute Gasteiger partial charge is 0.407 e. The van der Waals surface area contributed by atoms with Crippen LogP contribution >= 0.6 is 0 Å². The molecule has 1 aliphatic heterocycles. The van der Waals surface area contributed by atoms with Gasteiger partial charge in [-0.1, -0.05) is 13.3 Å². The summed E-state index contributed by atoms with van der Waals surface area (Å²) in [6.07, 6.45) is 4.51. The number of amides is 1. The van der Waals surface area contributed by atoms with Crippen LogP contribution in [0.1, 0.15) is 53.4 Å². The molecule has 0 bridgehead atoms. The maximum absolute atomic E-state index is 11.6. The van der Waals surface area contributed by atoms with Crippen molar-refractivity contribution in [3.63, 3.8) is 0 Å². The molecular formula is C15H30N2O2. The van der Waals surface area contributed by atoms with E-state index < -0.39 is 5.60 Å². The second kappa shape index (κ2) is 7.73. The summed E-state index contributed by atoms with van der Waals surface area (Å²) in [7, 11) is 0. The van der Waals surface area contributed by atoms with Crippen LogP contribution in [-0.2, 0) is 4.74 Å². The second-order valence-corrected chi connectivity index (χ2v) is 6.52. The summed E-state index contributed by atoms with van der Waals surface area (Å²) in [4.78, 5) is 11.6. The quantitative estimate of drug-likeness (QED) is 0.807. The van der Waals surface area contributed by atoms with Crippen LogP contribution < -0.4 is 10.6 Å². The molecule has 0 aliphatic carbocycles. The Bertz CT molecular complexity index is 272. The third-order valence-electron chi connectivity index (χ3n) is 3.61. The van der Waals surface area contributed by atoms with E-state index in [1.165, 1.54) is 19.3 Å². The fourth-order valence-electron chi connectivity index (χ4n) is 2.74. The van der Waals surface area contributed by atoms with Crippen molar-refractivity contribution in [2.45, 2.75) is 59.0 Å². The predicted octanol–water partition coefficient (Wildman–Crippen LogP) is 2.93. The lowest BCUT2D eigenvalue weighted by Crippen LogP contribution is -2.39. The van der Waals surface area contributed by atoms with Crippen LogP contribution in [0.2, 0.25) is 0 Å². The molecule has 4 heteroatoms. The van der Waals surface area contributed by atoms with Gasteiger partial charge in [0.2, 0.25) is 0 Å². The van der Waals surface area contributed by atoms with Crippen molar-refractivity contribution in [3.05, 3.63) is 0 Å². The summed E-state index contributed by atoms with van der Waals surface area (Å²) in [6.45, 7) is 10.9. The number of carbonyl (C=O) groups excluding carboxylic acids is 1. The molecule has 0 aromatic rings. The van der Waals surface area contributed by atoms with Gasteiger partial charge in [-0.25, -0.2) is 4.79 Å². The Morgan fingerprint density at radius 3 is 2.68 bits per heavy atom. The van der Waals surface area contributed by atoms with Gasteiger partial charge in [-0.15, -0.1) is 0 Å². The lowest BCUT2D eigenvalue weighted by atomic mass is 9.81. The molecular weight excluding hydrogens is 240 g/mol. The Morgan fingerprint density at radius 2 is 2.05 bits per heavy atom. The molecule has 1 amide bonds. The van der Waals surface area contributed by atoms with E-state index in [2.05, 4.69) is 17.6 Å². The molecule has 1 fully saturated rings. The van der Waals surface area contributed by atoms with E-state index in [9.17, 15) is 4.79 Å². The Labute approximate surface area is 117 Å². The van der Waals surface area contributed by atoms with Gasteiger partial charge in [0.1, 0.15) is 5.60 Å². The number of hydrogen-bond acceptors (Lipinski definition) is 3. The van der Waals surface area contributed by atoms with Gasteiger partial charge in [-0.05, 0) is 65.0 Å². The lowest BCUT2D eigenvalue weighted by Gasteiger charge is -2.32. The SMILES string of the molecule is CCCC1CNCCC1CCNC(=O)OC(C)(C)C. The second-order valence-electron chi connectivity index (χ2n) is 6.52. The largest absolute Gasteiger partial charge is 0.444 e. The molecule has 19 heavy (non-hydrogen) atoms. The first kappa shape index (κ1) is 16.3. The third kappa shape index (κ3) is 6.81. The van der Waals surface area contributed by atoms with Gasteiger partial charge >= 0.3 is 6.09 Å². The van der Waals surface area contributed by atoms with Crippen LogP contribution in [0.5, 0.6) is 0 Å². The zero-order valence-corrected chi connectivity index (χ0v) is 12.9. The minimum absolute atomic E-state index is 0.298. The maximum Gasteiger partial charge on any atom is 0.407 e. The van der Waals surface area contributed by atoms with Crippen molar-refractivity contribution in [2.75, 3.05) is 19.6 Å². The average Bonchev–Trinajstić information content (AvgIpc) is 2.29. The van der Waals surface area contributed by atoms with Gasteiger partial charge in [0, 0.05) is 6.54 Å². The van der Waals surface area contributed by atoms with E-state index in [0.29, 0.717) is 0 Å². The van der Waals surface area contributed by atoms with E-state index in [1.807, 2.05) is 20.8 Å². The van der Waals surface area contributed by atoms with Crippen LogP contribution in [0.15, 0.2) is 0 Å². The standard InChI is InChI=1S/C15H30N2O2/c1-5-6-13-11-16-9-7-12(13)8-10-17-14(18)19-15(2,3)4/h12-13,16H,5-11H2,1-4H3,(H,17,18). The molecule has 0 aromatic carbocycles. The molecule has 1 heterocycles. The van der Waals surface area contributed by atoms with Crippen molar-refractivity contribution in [1.82, 2.24) is 10.6 Å². The molecule has 2 unspecified atom stereocenters. The molecule has 1 aliphatic rings. The Hall–Kier alpha value is -0.770. The molecule has 0 spiro atoms. The number of piperidine rings is 1. The summed E-state index contributed by atoms with van der Waals surface area (Å²) >= 11 is 0. The molecule has 1 saturated heterocycles. The molecule has 2 N–H and O–H groups in total. The van der Waals surface area contributed by atoms with Gasteiger partial charge in [-0.2, -0.15) is 0 Å². The first-order valence-corrected chi connectivity index (χ1v) is 7.60. The molecule has 112 valence electrons. The minimum atomic E-state index is -0.413. The third-order valence-corrected chi connectivity index (χ3v) is 3.61. The van der Waals surface area contributed by atoms with E-state index >= 15 is 0 Å². The van der Waals surface area contributed by atoms with E-state index in [4.69, 9.17) is 4.74 Å². The summed E-state index contributed by atoms with van der Waals surface area (Å²) in [5.41, 5.74) is -0.413. The van der Waals surface area contributed by atoms with Gasteiger partial charge in [0.15, 0.2) is 0 Å². The number of rotatable bonds is 5. The van der Waals surface area contributed by atoms with Crippen molar-refractivity contribution in [1.29, 1.82) is 0 Å². The Balaban J connectivity index is 2.25. The fraction of sp³-hybridized carbons (Fsp3) is 0.933. The molecule has 2 atom stereocenters. The highest BCUT2D eigenvalue weighted by Gasteiger charge is 2.24. The number of ether oxygens (including phenoxy) is 1. The minimum Gasteiger partial charge on any atom is -0.444 e. The first-order valence-electron chi connectivity index (χ1n) is 7.60. The zero-order chi connectivity index (χ0) is 14.3. The van der Waals surface area contributed by atoms with Crippen LogP contribution in [0.25, 0.3) is 0 Å². The molecule has 1 rings (SSSR count). The normalized spacial score (nSPS) is 24.0. The number of alkyl carbamates (subject to hydrolysis) is 1. The number of nitrogens with one attached hydrogen (secondary N) is 2. The van der Waals surface area contributed by atoms with Crippen LogP contribution in [0, 0.1) is 11.8 Å². The van der Waals surface area contributed by atoms with E-state index in [1.54, 1.807) is 0 Å². The van der Waals surface area contributed by atoms with E-state index in [-0.39, 0.29) is 6.09 Å². The number of hydrogen-bond donors (Lipinski definition) is 2. The molecule has 4 nitrogen and oxygen atoms in total. The molecule has 0 saturated carbocycles. The van der Waals surface area contributed by atoms with Gasteiger partial charge in [0.25, 0.3) is 0 Å². The Morgan fingerprint density at radius 1 is 1.32 bits per heavy atom. The summed E-state index contributed by atoms with van der Waals surface area (Å²) in [6, 6.07) is 0. The lowest BCUT2D eigenvalue weighted by molar-refractivity contribution is 0.0521. The van der Waals surface area contributed by atoms with Crippen molar-refractivity contribution < 1.29 is 9.53 Å². The van der Waals surface area contributed by atoms with Crippen LogP contribution in [0.3, 0.4) is 0 Å². The predicted molar refractivity (Wildman–Crippen MR) is 78.2 cm³/mol. The van der Waals surface area contributed by atoms with Crippen molar-refractivity contribution in [2.24, 2.45) is 11.8 Å². The summed E-state index contributed by atoms with van der Waals surface area (Å²) in [5, 5.41) is 6.34. The topological polar surface area (TPSA) is 50.4 Å². The van der Waals surface area contributed by atoms with Crippen molar-refractivity contribution in [3.8, 4) is 0 Å². The highest BCUT2D eigenvalue weighted by Crippen LogP contribution is 2.26. The fourth-order valence-corrected chi connectivity index (χ4v) is 2.74. The van der Waals surface area contributed by atoms with Gasteiger partial charge < -0.3 is 15.4 Å². The maximum atomic E-state index is 11.6. The first-order chi connectivity index (χ1) is 8.92. The number of carbonyl (C=O) groups is 1. The van der Waals surface area contributed by atoms with Crippen LogP contribution in [-0.4, -0.2) is 31.3 Å². The van der Waals surface area contributed by atoms with Crippen molar-refractivity contribution >= 4 is 6.09 Å². The molecule has 0 aromatic heterocycles. The highest BCUT2D eigenvalue weighted by molar-refractivity contribution is 5.67. The zero-order valence-electron chi connectivity index (χ0n) is 12.9. The highest BCUT2D eigenvalue weighted by atomic mass is 16.6.